The summed E-state index contributed by atoms with van der Waals surface area (Å²) in [7, 11) is 0. The van der Waals surface area contributed by atoms with Gasteiger partial charge in [-0.15, -0.1) is 0 Å². The lowest BCUT2D eigenvalue weighted by Gasteiger charge is -2.03. The van der Waals surface area contributed by atoms with E-state index in [-0.39, 0.29) is 6.17 Å². The van der Waals surface area contributed by atoms with Crippen molar-refractivity contribution in [3.63, 3.8) is 0 Å². The standard InChI is InChI=1S/C6H14N2/c1-4-7-6(3)8-5-2/h4,6,8H,5H2,1-3H3. The van der Waals surface area contributed by atoms with Crippen LogP contribution in [0.15, 0.2) is 4.99 Å². The first-order valence-electron chi connectivity index (χ1n) is 3.02. The average Bonchev–Trinajstić information content (AvgIpc) is 1.68. The maximum atomic E-state index is 4.08. The summed E-state index contributed by atoms with van der Waals surface area (Å²) >= 11 is 0. The Labute approximate surface area is 51.0 Å². The van der Waals surface area contributed by atoms with Gasteiger partial charge in [-0.25, -0.2) is 0 Å². The van der Waals surface area contributed by atoms with Crippen molar-refractivity contribution in [1.29, 1.82) is 0 Å². The fourth-order valence-electron chi connectivity index (χ4n) is 0.572. The van der Waals surface area contributed by atoms with Crippen LogP contribution in [0.1, 0.15) is 20.8 Å². The van der Waals surface area contributed by atoms with E-state index in [2.05, 4.69) is 17.2 Å². The zero-order valence-corrected chi connectivity index (χ0v) is 5.81. The molecule has 0 saturated heterocycles. The SMILES string of the molecule is CC=NC(C)NCC. The van der Waals surface area contributed by atoms with E-state index in [1.54, 1.807) is 0 Å². The highest BCUT2D eigenvalue weighted by atomic mass is 15.0. The Morgan fingerprint density at radius 3 is 2.75 bits per heavy atom. The first kappa shape index (κ1) is 7.63. The Bertz CT molecular complexity index is 68.9. The van der Waals surface area contributed by atoms with Gasteiger partial charge in [0, 0.05) is 0 Å². The van der Waals surface area contributed by atoms with Crippen molar-refractivity contribution in [2.45, 2.75) is 26.9 Å². The summed E-state index contributed by atoms with van der Waals surface area (Å²) in [5.74, 6) is 0. The van der Waals surface area contributed by atoms with E-state index >= 15 is 0 Å². The molecular formula is C6H14N2. The predicted molar refractivity (Wildman–Crippen MR) is 37.3 cm³/mol. The van der Waals surface area contributed by atoms with E-state index in [1.165, 1.54) is 0 Å². The fraction of sp³-hybridized carbons (Fsp3) is 0.833. The first-order chi connectivity index (χ1) is 3.81. The molecule has 0 bridgehead atoms. The van der Waals surface area contributed by atoms with E-state index in [1.807, 2.05) is 20.1 Å². The Morgan fingerprint density at radius 1 is 1.75 bits per heavy atom. The number of nitrogens with zero attached hydrogens (tertiary/aromatic N) is 1. The minimum Gasteiger partial charge on any atom is -0.296 e. The lowest BCUT2D eigenvalue weighted by atomic mass is 10.5. The molecule has 0 fully saturated rings. The molecule has 1 atom stereocenters. The second-order valence-electron chi connectivity index (χ2n) is 1.64. The maximum absolute atomic E-state index is 4.08. The van der Waals surface area contributed by atoms with Crippen molar-refractivity contribution >= 4 is 6.21 Å². The van der Waals surface area contributed by atoms with Gasteiger partial charge in [0.1, 0.15) is 0 Å². The third-order valence-corrected chi connectivity index (χ3v) is 0.872. The largest absolute Gasteiger partial charge is 0.296 e. The third kappa shape index (κ3) is 3.81. The molecule has 0 amide bonds. The van der Waals surface area contributed by atoms with Gasteiger partial charge in [-0.1, -0.05) is 6.92 Å². The molecule has 0 heterocycles. The summed E-state index contributed by atoms with van der Waals surface area (Å²) in [6.07, 6.45) is 2.10. The molecular weight excluding hydrogens is 100 g/mol. The van der Waals surface area contributed by atoms with Crippen LogP contribution in [-0.4, -0.2) is 18.9 Å². The molecule has 48 valence electrons. The predicted octanol–water partition coefficient (Wildman–Crippen LogP) is 1.03. The first-order valence-corrected chi connectivity index (χ1v) is 3.02. The van der Waals surface area contributed by atoms with Crippen LogP contribution in [0.4, 0.5) is 0 Å². The Morgan fingerprint density at radius 2 is 2.38 bits per heavy atom. The average molecular weight is 114 g/mol. The van der Waals surface area contributed by atoms with Crippen molar-refractivity contribution in [2.24, 2.45) is 4.99 Å². The minimum absolute atomic E-state index is 0.282. The molecule has 0 aromatic heterocycles. The van der Waals surface area contributed by atoms with Crippen molar-refractivity contribution in [2.75, 3.05) is 6.54 Å². The lowest BCUT2D eigenvalue weighted by molar-refractivity contribution is 0.593. The van der Waals surface area contributed by atoms with E-state index in [9.17, 15) is 0 Å². The van der Waals surface area contributed by atoms with Crippen molar-refractivity contribution in [3.05, 3.63) is 0 Å². The molecule has 0 saturated carbocycles. The van der Waals surface area contributed by atoms with Crippen LogP contribution in [0.2, 0.25) is 0 Å². The Kier molecular flexibility index (Phi) is 4.56. The summed E-state index contributed by atoms with van der Waals surface area (Å²) in [5, 5.41) is 3.15. The molecule has 0 aliphatic rings. The van der Waals surface area contributed by atoms with Crippen LogP contribution in [-0.2, 0) is 0 Å². The highest BCUT2D eigenvalue weighted by Crippen LogP contribution is 1.78. The summed E-state index contributed by atoms with van der Waals surface area (Å²) in [4.78, 5) is 4.08. The Hall–Kier alpha value is -0.370. The molecule has 2 heteroatoms. The normalized spacial score (nSPS) is 14.9. The van der Waals surface area contributed by atoms with Gasteiger partial charge in [-0.3, -0.25) is 10.3 Å². The van der Waals surface area contributed by atoms with Gasteiger partial charge in [-0.2, -0.15) is 0 Å². The van der Waals surface area contributed by atoms with Crippen LogP contribution in [0.3, 0.4) is 0 Å². The van der Waals surface area contributed by atoms with Crippen LogP contribution in [0, 0.1) is 0 Å². The smallest absolute Gasteiger partial charge is 0.0961 e. The molecule has 1 N–H and O–H groups in total. The molecule has 0 rings (SSSR count). The number of aliphatic imine (C=N–C) groups is 1. The summed E-state index contributed by atoms with van der Waals surface area (Å²) in [6, 6.07) is 0. The monoisotopic (exact) mass is 114 g/mol. The number of nitrogens with one attached hydrogen (secondary N) is 1. The summed E-state index contributed by atoms with van der Waals surface area (Å²) in [6.45, 7) is 7.01. The second-order valence-corrected chi connectivity index (χ2v) is 1.64. The van der Waals surface area contributed by atoms with Gasteiger partial charge in [0.15, 0.2) is 0 Å². The summed E-state index contributed by atoms with van der Waals surface area (Å²) in [5.41, 5.74) is 0. The van der Waals surface area contributed by atoms with E-state index in [0.717, 1.165) is 6.54 Å². The van der Waals surface area contributed by atoms with Crippen LogP contribution >= 0.6 is 0 Å². The molecule has 0 spiro atoms. The van der Waals surface area contributed by atoms with Gasteiger partial charge >= 0.3 is 0 Å². The topological polar surface area (TPSA) is 24.4 Å². The van der Waals surface area contributed by atoms with Gasteiger partial charge in [0.25, 0.3) is 0 Å². The fourth-order valence-corrected chi connectivity index (χ4v) is 0.572. The molecule has 0 aliphatic heterocycles. The van der Waals surface area contributed by atoms with Gasteiger partial charge in [0.05, 0.1) is 6.17 Å². The zero-order chi connectivity index (χ0) is 6.41. The van der Waals surface area contributed by atoms with E-state index in [0.29, 0.717) is 0 Å². The minimum atomic E-state index is 0.282. The van der Waals surface area contributed by atoms with Crippen molar-refractivity contribution in [3.8, 4) is 0 Å². The second kappa shape index (κ2) is 4.78. The molecule has 0 aromatic carbocycles. The van der Waals surface area contributed by atoms with E-state index < -0.39 is 0 Å². The molecule has 2 nitrogen and oxygen atoms in total. The lowest BCUT2D eigenvalue weighted by Crippen LogP contribution is -2.23. The highest BCUT2D eigenvalue weighted by molar-refractivity contribution is 5.53. The number of hydrogen-bond donors (Lipinski definition) is 1. The molecule has 1 unspecified atom stereocenters. The Balaban J connectivity index is 3.17. The summed E-state index contributed by atoms with van der Waals surface area (Å²) < 4.78 is 0. The van der Waals surface area contributed by atoms with Crippen molar-refractivity contribution < 1.29 is 0 Å². The number of hydrogen-bond acceptors (Lipinski definition) is 2. The molecule has 8 heavy (non-hydrogen) atoms. The van der Waals surface area contributed by atoms with Crippen LogP contribution < -0.4 is 5.32 Å². The van der Waals surface area contributed by atoms with E-state index in [4.69, 9.17) is 0 Å². The van der Waals surface area contributed by atoms with Crippen molar-refractivity contribution in [1.82, 2.24) is 5.32 Å². The highest BCUT2D eigenvalue weighted by Gasteiger charge is 1.88. The number of rotatable bonds is 3. The van der Waals surface area contributed by atoms with Crippen LogP contribution in [0.5, 0.6) is 0 Å². The third-order valence-electron chi connectivity index (χ3n) is 0.872. The van der Waals surface area contributed by atoms with Gasteiger partial charge in [-0.05, 0) is 26.6 Å². The van der Waals surface area contributed by atoms with Gasteiger partial charge in [0.2, 0.25) is 0 Å². The molecule has 0 aromatic rings. The zero-order valence-electron chi connectivity index (χ0n) is 5.81. The maximum Gasteiger partial charge on any atom is 0.0961 e. The molecule has 0 aliphatic carbocycles. The molecule has 0 radical (unpaired) electrons. The van der Waals surface area contributed by atoms with Crippen LogP contribution in [0.25, 0.3) is 0 Å². The quantitative estimate of drug-likeness (QED) is 0.544. The van der Waals surface area contributed by atoms with Gasteiger partial charge < -0.3 is 0 Å².